The molecule has 0 bridgehead atoms. The molecule has 0 N–H and O–H groups in total. The summed E-state index contributed by atoms with van der Waals surface area (Å²) in [6.45, 7) is 4.49. The van der Waals surface area contributed by atoms with Gasteiger partial charge in [-0.1, -0.05) is 0 Å². The maximum absolute atomic E-state index is 10.2. The fourth-order valence-electron chi connectivity index (χ4n) is 0.317. The summed E-state index contributed by atoms with van der Waals surface area (Å²) in [6.07, 6.45) is 0. The van der Waals surface area contributed by atoms with Crippen molar-refractivity contribution in [2.24, 2.45) is 0 Å². The highest BCUT2D eigenvalue weighted by Gasteiger charge is 2.16. The van der Waals surface area contributed by atoms with Crippen molar-refractivity contribution >= 4 is 21.4 Å². The molecule has 10 heavy (non-hydrogen) atoms. The summed E-state index contributed by atoms with van der Waals surface area (Å²) in [5.41, 5.74) is 0. The van der Waals surface area contributed by atoms with E-state index in [4.69, 9.17) is 0 Å². The first-order valence-electron chi connectivity index (χ1n) is 2.57. The van der Waals surface area contributed by atoms with E-state index in [2.05, 4.69) is 6.92 Å². The molecule has 0 aromatic rings. The molecular weight excluding hydrogens is 176 g/mol. The largest absolute Gasteiger partial charge is 0.232 e. The third-order valence-corrected chi connectivity index (χ3v) is 3.41. The maximum atomic E-state index is 10.2. The molecule has 4 nitrogen and oxygen atoms in total. The van der Waals surface area contributed by atoms with Gasteiger partial charge in [0.05, 0.1) is 10.5 Å². The van der Waals surface area contributed by atoms with Crippen molar-refractivity contribution in [3.8, 4) is 0 Å². The van der Waals surface area contributed by atoms with Crippen molar-refractivity contribution in [2.45, 2.75) is 17.4 Å². The van der Waals surface area contributed by atoms with E-state index in [9.17, 15) is 16.8 Å². The smallest absolute Gasteiger partial charge is 0.144 e. The van der Waals surface area contributed by atoms with E-state index in [1.54, 1.807) is 0 Å². The minimum absolute atomic E-state index is 0.892. The Bertz CT molecular complexity index is 198. The second-order valence-electron chi connectivity index (χ2n) is 1.88. The summed E-state index contributed by atoms with van der Waals surface area (Å²) in [5, 5.41) is -1.92. The van der Waals surface area contributed by atoms with Crippen molar-refractivity contribution in [2.75, 3.05) is 0 Å². The van der Waals surface area contributed by atoms with E-state index in [0.717, 1.165) is 0 Å². The van der Waals surface area contributed by atoms with Crippen LogP contribution in [0, 0.1) is 6.92 Å². The molecule has 0 aromatic carbocycles. The lowest BCUT2D eigenvalue weighted by atomic mass is 10.4. The summed E-state index contributed by atoms with van der Waals surface area (Å²) >= 11 is 0. The molecule has 0 spiro atoms. The van der Waals surface area contributed by atoms with Crippen molar-refractivity contribution in [3.05, 3.63) is 6.92 Å². The van der Waals surface area contributed by atoms with Gasteiger partial charge in [0.15, 0.2) is 0 Å². The lowest BCUT2D eigenvalue weighted by molar-refractivity contribution is 0.589. The summed E-state index contributed by atoms with van der Waals surface area (Å²) in [4.78, 5) is 0. The van der Waals surface area contributed by atoms with Crippen molar-refractivity contribution < 1.29 is 16.8 Å². The normalized spacial score (nSPS) is 17.6. The van der Waals surface area contributed by atoms with E-state index >= 15 is 0 Å². The molecule has 0 saturated heterocycles. The molecule has 1 radical (unpaired) electrons. The predicted octanol–water partition coefficient (Wildman–Crippen LogP) is -1.20. The summed E-state index contributed by atoms with van der Waals surface area (Å²) < 4.78 is 40.7. The summed E-state index contributed by atoms with van der Waals surface area (Å²) in [7, 11) is -5.41. The molecule has 0 saturated carbocycles. The Morgan fingerprint density at radius 2 is 1.50 bits per heavy atom. The van der Waals surface area contributed by atoms with Crippen LogP contribution in [-0.4, -0.2) is 27.3 Å². The van der Waals surface area contributed by atoms with Crippen LogP contribution < -0.4 is 0 Å². The van der Waals surface area contributed by atoms with Crippen LogP contribution in [0.3, 0.4) is 0 Å². The number of hydrogen-bond acceptors (Lipinski definition) is 4. The molecule has 2 atom stereocenters. The van der Waals surface area contributed by atoms with Gasteiger partial charge in [0.25, 0.3) is 0 Å². The quantitative estimate of drug-likeness (QED) is 0.542. The lowest BCUT2D eigenvalue weighted by Crippen LogP contribution is -2.22. The van der Waals surface area contributed by atoms with E-state index < -0.39 is 31.9 Å². The van der Waals surface area contributed by atoms with Crippen molar-refractivity contribution in [1.29, 1.82) is 0 Å². The standard InChI is InChI=1S/C4H9O4S2/c1-3(9(5)6)4(2)10(7)8/h3-4,9-10H,1H2,2H3. The second-order valence-corrected chi connectivity index (χ2v) is 4.50. The van der Waals surface area contributed by atoms with E-state index in [1.165, 1.54) is 6.92 Å². The van der Waals surface area contributed by atoms with E-state index in [-0.39, 0.29) is 0 Å². The third kappa shape index (κ3) is 2.66. The Morgan fingerprint density at radius 1 is 1.10 bits per heavy atom. The van der Waals surface area contributed by atoms with E-state index in [1.807, 2.05) is 0 Å². The molecular formula is C4H9O4S2. The molecule has 2 unspecified atom stereocenters. The number of thiol groups is 2. The molecule has 0 aliphatic rings. The molecule has 0 fully saturated rings. The highest BCUT2D eigenvalue weighted by atomic mass is 32.2. The fraction of sp³-hybridized carbons (Fsp3) is 0.750. The van der Waals surface area contributed by atoms with Crippen molar-refractivity contribution in [3.63, 3.8) is 0 Å². The predicted molar refractivity (Wildman–Crippen MR) is 39.2 cm³/mol. The molecule has 6 heteroatoms. The first-order chi connectivity index (χ1) is 4.46. The van der Waals surface area contributed by atoms with Gasteiger partial charge >= 0.3 is 0 Å². The van der Waals surface area contributed by atoms with Crippen LogP contribution in [0.15, 0.2) is 0 Å². The minimum atomic E-state index is -2.73. The lowest BCUT2D eigenvalue weighted by Gasteiger charge is -2.04. The maximum Gasteiger partial charge on any atom is 0.144 e. The Hall–Kier alpha value is -0.100. The van der Waals surface area contributed by atoms with Crippen LogP contribution in [0.1, 0.15) is 6.92 Å². The van der Waals surface area contributed by atoms with Gasteiger partial charge in [0, 0.05) is 0 Å². The van der Waals surface area contributed by atoms with Gasteiger partial charge in [0.1, 0.15) is 21.4 Å². The Morgan fingerprint density at radius 3 is 1.60 bits per heavy atom. The average molecular weight is 185 g/mol. The van der Waals surface area contributed by atoms with Gasteiger partial charge in [0.2, 0.25) is 0 Å². The van der Waals surface area contributed by atoms with Gasteiger partial charge in [-0.2, -0.15) is 0 Å². The van der Waals surface area contributed by atoms with Crippen LogP contribution in [0.4, 0.5) is 0 Å². The van der Waals surface area contributed by atoms with Crippen LogP contribution in [-0.2, 0) is 21.4 Å². The zero-order valence-corrected chi connectivity index (χ0v) is 7.18. The molecule has 0 aromatic heterocycles. The Balaban J connectivity index is 4.36. The zero-order chi connectivity index (χ0) is 8.31. The molecule has 0 aliphatic heterocycles. The first kappa shape index (κ1) is 9.90. The van der Waals surface area contributed by atoms with Gasteiger partial charge in [-0.3, -0.25) is 0 Å². The van der Waals surface area contributed by atoms with Crippen molar-refractivity contribution in [1.82, 2.24) is 0 Å². The molecule has 0 aliphatic carbocycles. The molecule has 0 heterocycles. The van der Waals surface area contributed by atoms with Gasteiger partial charge in [-0.15, -0.1) is 0 Å². The monoisotopic (exact) mass is 185 g/mol. The average Bonchev–Trinajstić information content (AvgIpc) is 1.84. The van der Waals surface area contributed by atoms with Crippen LogP contribution in [0.5, 0.6) is 0 Å². The first-order valence-corrected chi connectivity index (χ1v) is 5.06. The highest BCUT2D eigenvalue weighted by Crippen LogP contribution is 1.98. The topological polar surface area (TPSA) is 68.3 Å². The third-order valence-electron chi connectivity index (χ3n) is 1.16. The zero-order valence-electron chi connectivity index (χ0n) is 5.39. The second kappa shape index (κ2) is 3.92. The number of hydrogen-bond donors (Lipinski definition) is 2. The Kier molecular flexibility index (Phi) is 3.88. The van der Waals surface area contributed by atoms with Gasteiger partial charge in [-0.25, -0.2) is 16.8 Å². The molecule has 0 amide bonds. The molecule has 61 valence electrons. The van der Waals surface area contributed by atoms with Crippen LogP contribution in [0.25, 0.3) is 0 Å². The minimum Gasteiger partial charge on any atom is -0.232 e. The number of rotatable bonds is 3. The van der Waals surface area contributed by atoms with Crippen LogP contribution in [0.2, 0.25) is 0 Å². The van der Waals surface area contributed by atoms with Crippen LogP contribution >= 0.6 is 0 Å². The molecule has 0 rings (SSSR count). The summed E-state index contributed by atoms with van der Waals surface area (Å²) in [6, 6.07) is 0. The van der Waals surface area contributed by atoms with Gasteiger partial charge in [-0.05, 0) is 13.8 Å². The highest BCUT2D eigenvalue weighted by molar-refractivity contribution is 7.77. The Labute approximate surface area is 63.1 Å². The summed E-state index contributed by atoms with van der Waals surface area (Å²) in [5.74, 6) is 0. The fourth-order valence-corrected chi connectivity index (χ4v) is 1.60. The van der Waals surface area contributed by atoms with Gasteiger partial charge < -0.3 is 0 Å². The van der Waals surface area contributed by atoms with E-state index in [0.29, 0.717) is 0 Å². The SMILES string of the molecule is [CH2]C(C(C)[SH](=O)=O)[SH](=O)=O.